The Morgan fingerprint density at radius 1 is 1.32 bits per heavy atom. The molecule has 1 aliphatic rings. The first-order valence-corrected chi connectivity index (χ1v) is 5.96. The Hall–Kier alpha value is -2.37. The second kappa shape index (κ2) is 5.99. The van der Waals surface area contributed by atoms with Crippen LogP contribution in [-0.4, -0.2) is 30.9 Å². The number of para-hydroxylation sites is 1. The average molecular weight is 262 g/mol. The number of nitrogens with one attached hydrogen (secondary N) is 2. The number of urea groups is 1. The summed E-state index contributed by atoms with van der Waals surface area (Å²) in [5.41, 5.74) is 0.359. The third kappa shape index (κ3) is 4.09. The Morgan fingerprint density at radius 2 is 2.05 bits per heavy atom. The van der Waals surface area contributed by atoms with Gasteiger partial charge in [-0.3, -0.25) is 14.9 Å². The van der Waals surface area contributed by atoms with Gasteiger partial charge in [-0.2, -0.15) is 0 Å². The lowest BCUT2D eigenvalue weighted by Gasteiger charge is -2.08. The summed E-state index contributed by atoms with van der Waals surface area (Å²) in [4.78, 5) is 33.5. The van der Waals surface area contributed by atoms with E-state index in [2.05, 4.69) is 10.6 Å². The fourth-order valence-corrected chi connectivity index (χ4v) is 1.46. The lowest BCUT2D eigenvalue weighted by atomic mass is 10.2. The topological polar surface area (TPSA) is 84.5 Å². The van der Waals surface area contributed by atoms with Crippen molar-refractivity contribution in [3.8, 4) is 5.75 Å². The van der Waals surface area contributed by atoms with Gasteiger partial charge in [-0.1, -0.05) is 12.1 Å². The number of ether oxygens (including phenoxy) is 1. The number of rotatable bonds is 5. The van der Waals surface area contributed by atoms with Crippen LogP contribution >= 0.6 is 0 Å². The molecule has 6 nitrogen and oxygen atoms in total. The molecule has 0 saturated heterocycles. The quantitative estimate of drug-likeness (QED) is 0.771. The molecule has 3 amide bonds. The lowest BCUT2D eigenvalue weighted by molar-refractivity contribution is -0.122. The Balaban J connectivity index is 1.79. The van der Waals surface area contributed by atoms with Crippen LogP contribution in [0.3, 0.4) is 0 Å². The number of amides is 3. The van der Waals surface area contributed by atoms with Crippen LogP contribution in [0.5, 0.6) is 5.75 Å². The van der Waals surface area contributed by atoms with E-state index in [0.717, 1.165) is 12.8 Å². The highest BCUT2D eigenvalue weighted by molar-refractivity contribution is 5.95. The van der Waals surface area contributed by atoms with Crippen LogP contribution in [-0.2, 0) is 4.79 Å². The molecule has 0 heterocycles. The highest BCUT2D eigenvalue weighted by Crippen LogP contribution is 2.18. The van der Waals surface area contributed by atoms with Gasteiger partial charge in [0, 0.05) is 6.04 Å². The molecule has 0 aliphatic heterocycles. The van der Waals surface area contributed by atoms with Gasteiger partial charge in [-0.25, -0.2) is 4.79 Å². The third-order valence-electron chi connectivity index (χ3n) is 2.57. The van der Waals surface area contributed by atoms with Crippen molar-refractivity contribution >= 4 is 18.2 Å². The van der Waals surface area contributed by atoms with Crippen molar-refractivity contribution in [1.82, 2.24) is 10.6 Å². The Bertz CT molecular complexity index is 497. The zero-order valence-corrected chi connectivity index (χ0v) is 10.2. The zero-order valence-electron chi connectivity index (χ0n) is 10.2. The predicted octanol–water partition coefficient (Wildman–Crippen LogP) is 0.866. The molecule has 1 aromatic rings. The second-order valence-electron chi connectivity index (χ2n) is 4.24. The molecule has 1 saturated carbocycles. The Labute approximate surface area is 110 Å². The maximum atomic E-state index is 11.4. The van der Waals surface area contributed by atoms with Gasteiger partial charge in [-0.15, -0.1) is 0 Å². The second-order valence-corrected chi connectivity index (χ2v) is 4.24. The van der Waals surface area contributed by atoms with Crippen molar-refractivity contribution in [2.75, 3.05) is 6.61 Å². The summed E-state index contributed by atoms with van der Waals surface area (Å²) in [5, 5.41) is 4.78. The summed E-state index contributed by atoms with van der Waals surface area (Å²) in [5.74, 6) is -0.242. The molecule has 2 N–H and O–H groups in total. The molecular formula is C13H14N2O4. The van der Waals surface area contributed by atoms with E-state index in [4.69, 9.17) is 4.74 Å². The van der Waals surface area contributed by atoms with Crippen LogP contribution in [0.25, 0.3) is 0 Å². The molecule has 19 heavy (non-hydrogen) atoms. The van der Waals surface area contributed by atoms with Crippen LogP contribution in [0.15, 0.2) is 24.3 Å². The number of hydrogen-bond donors (Lipinski definition) is 2. The number of carbonyl (C=O) groups is 3. The fourth-order valence-electron chi connectivity index (χ4n) is 1.46. The van der Waals surface area contributed by atoms with E-state index < -0.39 is 11.9 Å². The largest absolute Gasteiger partial charge is 0.483 e. The molecule has 1 fully saturated rings. The first-order valence-electron chi connectivity index (χ1n) is 5.96. The standard InChI is InChI=1S/C13H14N2O4/c16-7-9-3-1-2-4-11(9)19-8-12(17)15-13(18)14-10-5-6-10/h1-4,7,10H,5-6,8H2,(H2,14,15,17,18). The summed E-state index contributed by atoms with van der Waals surface area (Å²) in [6, 6.07) is 6.23. The van der Waals surface area contributed by atoms with Crippen molar-refractivity contribution in [3.05, 3.63) is 29.8 Å². The van der Waals surface area contributed by atoms with Crippen LogP contribution in [0.4, 0.5) is 4.79 Å². The summed E-state index contributed by atoms with van der Waals surface area (Å²) >= 11 is 0. The van der Waals surface area contributed by atoms with Crippen LogP contribution in [0.2, 0.25) is 0 Å². The first-order chi connectivity index (χ1) is 9.19. The van der Waals surface area contributed by atoms with Gasteiger partial charge in [-0.05, 0) is 25.0 Å². The minimum Gasteiger partial charge on any atom is -0.483 e. The monoisotopic (exact) mass is 262 g/mol. The zero-order chi connectivity index (χ0) is 13.7. The minimum atomic E-state index is -0.557. The van der Waals surface area contributed by atoms with Crippen molar-refractivity contribution in [3.63, 3.8) is 0 Å². The fraction of sp³-hybridized carbons (Fsp3) is 0.308. The predicted molar refractivity (Wildman–Crippen MR) is 67.0 cm³/mol. The maximum Gasteiger partial charge on any atom is 0.321 e. The van der Waals surface area contributed by atoms with Gasteiger partial charge in [0.25, 0.3) is 5.91 Å². The minimum absolute atomic E-state index is 0.185. The Morgan fingerprint density at radius 3 is 2.74 bits per heavy atom. The van der Waals surface area contributed by atoms with Crippen molar-refractivity contribution in [2.24, 2.45) is 0 Å². The smallest absolute Gasteiger partial charge is 0.321 e. The highest BCUT2D eigenvalue weighted by Gasteiger charge is 2.23. The third-order valence-corrected chi connectivity index (χ3v) is 2.57. The normalized spacial score (nSPS) is 13.5. The average Bonchev–Trinajstić information content (AvgIpc) is 3.20. The molecule has 100 valence electrons. The molecule has 0 bridgehead atoms. The lowest BCUT2D eigenvalue weighted by Crippen LogP contribution is -2.42. The molecular weight excluding hydrogens is 248 g/mol. The van der Waals surface area contributed by atoms with Crippen LogP contribution < -0.4 is 15.4 Å². The van der Waals surface area contributed by atoms with Gasteiger partial charge >= 0.3 is 6.03 Å². The van der Waals surface area contributed by atoms with Gasteiger partial charge in [0.05, 0.1) is 5.56 Å². The van der Waals surface area contributed by atoms with E-state index in [-0.39, 0.29) is 12.6 Å². The number of benzene rings is 1. The summed E-state index contributed by atoms with van der Waals surface area (Å²) in [6.45, 7) is -0.317. The van der Waals surface area contributed by atoms with Crippen LogP contribution in [0.1, 0.15) is 23.2 Å². The molecule has 0 aromatic heterocycles. The summed E-state index contributed by atoms with van der Waals surface area (Å²) < 4.78 is 5.19. The van der Waals surface area contributed by atoms with E-state index in [1.54, 1.807) is 24.3 Å². The van der Waals surface area contributed by atoms with Gasteiger partial charge in [0.15, 0.2) is 12.9 Å². The molecule has 1 aromatic carbocycles. The van der Waals surface area contributed by atoms with Gasteiger partial charge in [0.2, 0.25) is 0 Å². The molecule has 2 rings (SSSR count). The number of aldehydes is 1. The Kier molecular flexibility index (Phi) is 4.12. The number of carbonyl (C=O) groups excluding carboxylic acids is 3. The van der Waals surface area contributed by atoms with Gasteiger partial charge < -0.3 is 10.1 Å². The molecule has 0 radical (unpaired) electrons. The first kappa shape index (κ1) is 13.1. The van der Waals surface area contributed by atoms with Crippen molar-refractivity contribution in [2.45, 2.75) is 18.9 Å². The number of imide groups is 1. The number of hydrogen-bond acceptors (Lipinski definition) is 4. The van der Waals surface area contributed by atoms with E-state index in [1.165, 1.54) is 0 Å². The molecule has 0 atom stereocenters. The van der Waals surface area contributed by atoms with E-state index >= 15 is 0 Å². The van der Waals surface area contributed by atoms with Crippen molar-refractivity contribution in [1.29, 1.82) is 0 Å². The van der Waals surface area contributed by atoms with Crippen molar-refractivity contribution < 1.29 is 19.1 Å². The van der Waals surface area contributed by atoms with E-state index in [1.807, 2.05) is 0 Å². The summed E-state index contributed by atoms with van der Waals surface area (Å²) in [6.07, 6.45) is 2.54. The molecule has 0 spiro atoms. The molecule has 1 aliphatic carbocycles. The van der Waals surface area contributed by atoms with E-state index in [9.17, 15) is 14.4 Å². The van der Waals surface area contributed by atoms with E-state index in [0.29, 0.717) is 17.6 Å². The van der Waals surface area contributed by atoms with Gasteiger partial charge in [0.1, 0.15) is 5.75 Å². The maximum absolute atomic E-state index is 11.4. The highest BCUT2D eigenvalue weighted by atomic mass is 16.5. The summed E-state index contributed by atoms with van der Waals surface area (Å²) in [7, 11) is 0. The molecule has 0 unspecified atom stereocenters. The molecule has 6 heteroatoms. The van der Waals surface area contributed by atoms with Crippen LogP contribution in [0, 0.1) is 0 Å². The SMILES string of the molecule is O=Cc1ccccc1OCC(=O)NC(=O)NC1CC1.